The number of aromatic nitrogens is 1. The molecule has 0 saturated carbocycles. The number of amides is 1. The Bertz CT molecular complexity index is 926. The molecule has 0 N–H and O–H groups in total. The number of nitrogens with zero attached hydrogens (tertiary/aromatic N) is 2. The van der Waals surface area contributed by atoms with Gasteiger partial charge in [-0.1, -0.05) is 29.8 Å². The zero-order chi connectivity index (χ0) is 20.1. The van der Waals surface area contributed by atoms with Gasteiger partial charge in [0.2, 0.25) is 0 Å². The molecule has 0 aliphatic carbocycles. The van der Waals surface area contributed by atoms with Crippen molar-refractivity contribution < 1.29 is 9.53 Å². The van der Waals surface area contributed by atoms with E-state index in [0.717, 1.165) is 18.0 Å². The van der Waals surface area contributed by atoms with Gasteiger partial charge in [-0.05, 0) is 62.7 Å². The third-order valence-corrected chi connectivity index (χ3v) is 4.91. The molecule has 3 rings (SSSR count). The second-order valence-electron chi connectivity index (χ2n) is 7.37. The third-order valence-electron chi connectivity index (χ3n) is 4.91. The summed E-state index contributed by atoms with van der Waals surface area (Å²) in [6, 6.07) is 20.1. The number of carbonyl (C=O) groups excluding carboxylic acids is 1. The Morgan fingerprint density at radius 1 is 1.07 bits per heavy atom. The number of methoxy groups -OCH3 is 1. The molecule has 0 spiro atoms. The second kappa shape index (κ2) is 8.79. The zero-order valence-electron chi connectivity index (χ0n) is 17.1. The maximum atomic E-state index is 13.1. The summed E-state index contributed by atoms with van der Waals surface area (Å²) < 4.78 is 7.41. The monoisotopic (exact) mass is 376 g/mol. The standard InChI is InChI=1S/C24H28N2O2/c1-18(2)26(24(27)21-10-12-23(28-4)13-11-21)17-22-9-6-14-25(22)16-20-8-5-7-19(3)15-20/h5-15,18H,16-17H2,1-4H3. The molecule has 4 heteroatoms. The molecule has 0 saturated heterocycles. The van der Waals surface area contributed by atoms with Gasteiger partial charge in [0.15, 0.2) is 0 Å². The first kappa shape index (κ1) is 19.7. The molecule has 2 aromatic carbocycles. The molecule has 4 nitrogen and oxygen atoms in total. The van der Waals surface area contributed by atoms with E-state index in [9.17, 15) is 4.79 Å². The summed E-state index contributed by atoms with van der Waals surface area (Å²) in [6.45, 7) is 7.58. The molecule has 3 aromatic rings. The molecule has 1 heterocycles. The van der Waals surface area contributed by atoms with E-state index >= 15 is 0 Å². The van der Waals surface area contributed by atoms with Crippen molar-refractivity contribution in [3.63, 3.8) is 0 Å². The zero-order valence-corrected chi connectivity index (χ0v) is 17.1. The van der Waals surface area contributed by atoms with Crippen LogP contribution < -0.4 is 4.74 Å². The van der Waals surface area contributed by atoms with Gasteiger partial charge < -0.3 is 14.2 Å². The van der Waals surface area contributed by atoms with Crippen LogP contribution in [-0.4, -0.2) is 28.5 Å². The van der Waals surface area contributed by atoms with Gasteiger partial charge >= 0.3 is 0 Å². The minimum Gasteiger partial charge on any atom is -0.497 e. The van der Waals surface area contributed by atoms with Crippen molar-refractivity contribution in [2.75, 3.05) is 7.11 Å². The van der Waals surface area contributed by atoms with Crippen LogP contribution >= 0.6 is 0 Å². The average Bonchev–Trinajstić information content (AvgIpc) is 3.12. The fourth-order valence-corrected chi connectivity index (χ4v) is 3.32. The van der Waals surface area contributed by atoms with Gasteiger partial charge in [0, 0.05) is 30.0 Å². The number of aryl methyl sites for hydroxylation is 1. The number of hydrogen-bond acceptors (Lipinski definition) is 2. The molecule has 0 fully saturated rings. The van der Waals surface area contributed by atoms with E-state index in [-0.39, 0.29) is 11.9 Å². The Hall–Kier alpha value is -3.01. The van der Waals surface area contributed by atoms with E-state index in [1.807, 2.05) is 35.2 Å². The highest BCUT2D eigenvalue weighted by molar-refractivity contribution is 5.94. The quantitative estimate of drug-likeness (QED) is 0.587. The van der Waals surface area contributed by atoms with Gasteiger partial charge in [-0.2, -0.15) is 0 Å². The highest BCUT2D eigenvalue weighted by atomic mass is 16.5. The number of carbonyl (C=O) groups is 1. The first-order valence-electron chi connectivity index (χ1n) is 9.62. The molecule has 0 aliphatic heterocycles. The van der Waals surface area contributed by atoms with Crippen LogP contribution in [0.15, 0.2) is 66.9 Å². The summed E-state index contributed by atoms with van der Waals surface area (Å²) in [5.74, 6) is 0.778. The minimum atomic E-state index is 0.0287. The Morgan fingerprint density at radius 2 is 1.82 bits per heavy atom. The summed E-state index contributed by atoms with van der Waals surface area (Å²) in [7, 11) is 1.62. The average molecular weight is 377 g/mol. The van der Waals surface area contributed by atoms with E-state index in [1.165, 1.54) is 11.1 Å². The van der Waals surface area contributed by atoms with Crippen LogP contribution in [0, 0.1) is 6.92 Å². The predicted octanol–water partition coefficient (Wildman–Crippen LogP) is 4.90. The van der Waals surface area contributed by atoms with Crippen LogP contribution in [-0.2, 0) is 13.1 Å². The normalized spacial score (nSPS) is 10.9. The van der Waals surface area contributed by atoms with Crippen LogP contribution in [0.3, 0.4) is 0 Å². The lowest BCUT2D eigenvalue weighted by molar-refractivity contribution is 0.0686. The van der Waals surface area contributed by atoms with Crippen molar-refractivity contribution in [2.45, 2.75) is 39.9 Å². The Balaban J connectivity index is 1.79. The van der Waals surface area contributed by atoms with E-state index in [1.54, 1.807) is 7.11 Å². The van der Waals surface area contributed by atoms with E-state index in [2.05, 4.69) is 61.9 Å². The number of rotatable bonds is 7. The first-order valence-corrected chi connectivity index (χ1v) is 9.62. The van der Waals surface area contributed by atoms with E-state index in [4.69, 9.17) is 4.74 Å². The summed E-state index contributed by atoms with van der Waals surface area (Å²) in [5, 5.41) is 0. The van der Waals surface area contributed by atoms with Crippen molar-refractivity contribution in [3.8, 4) is 5.75 Å². The van der Waals surface area contributed by atoms with Crippen LogP contribution in [0.4, 0.5) is 0 Å². The lowest BCUT2D eigenvalue weighted by Gasteiger charge is -2.27. The molecule has 0 unspecified atom stereocenters. The smallest absolute Gasteiger partial charge is 0.254 e. The SMILES string of the molecule is COc1ccc(C(=O)N(Cc2cccn2Cc2cccc(C)c2)C(C)C)cc1. The molecule has 1 amide bonds. The van der Waals surface area contributed by atoms with Crippen LogP contribution in [0.2, 0.25) is 0 Å². The van der Waals surface area contributed by atoms with Gasteiger partial charge in [0.1, 0.15) is 5.75 Å². The van der Waals surface area contributed by atoms with Crippen LogP contribution in [0.1, 0.15) is 41.0 Å². The second-order valence-corrected chi connectivity index (χ2v) is 7.37. The first-order chi connectivity index (χ1) is 13.5. The fourth-order valence-electron chi connectivity index (χ4n) is 3.32. The number of hydrogen-bond donors (Lipinski definition) is 0. The Kier molecular flexibility index (Phi) is 6.19. The van der Waals surface area contributed by atoms with Gasteiger partial charge in [0.25, 0.3) is 5.91 Å². The van der Waals surface area contributed by atoms with E-state index < -0.39 is 0 Å². The van der Waals surface area contributed by atoms with Gasteiger partial charge in [-0.25, -0.2) is 0 Å². The van der Waals surface area contributed by atoms with Crippen molar-refractivity contribution in [3.05, 3.63) is 89.2 Å². The third kappa shape index (κ3) is 4.63. The molecule has 1 aromatic heterocycles. The Morgan fingerprint density at radius 3 is 2.46 bits per heavy atom. The van der Waals surface area contributed by atoms with Gasteiger partial charge in [0.05, 0.1) is 13.7 Å². The van der Waals surface area contributed by atoms with Crippen molar-refractivity contribution in [2.24, 2.45) is 0 Å². The van der Waals surface area contributed by atoms with Gasteiger partial charge in [-0.3, -0.25) is 4.79 Å². The van der Waals surface area contributed by atoms with Crippen LogP contribution in [0.25, 0.3) is 0 Å². The largest absolute Gasteiger partial charge is 0.497 e. The number of ether oxygens (including phenoxy) is 1. The molecule has 0 aliphatic rings. The Labute approximate surface area is 167 Å². The predicted molar refractivity (Wildman–Crippen MR) is 113 cm³/mol. The number of benzene rings is 2. The topological polar surface area (TPSA) is 34.5 Å². The molecule has 28 heavy (non-hydrogen) atoms. The van der Waals surface area contributed by atoms with Crippen molar-refractivity contribution >= 4 is 5.91 Å². The van der Waals surface area contributed by atoms with Gasteiger partial charge in [-0.15, -0.1) is 0 Å². The molecule has 146 valence electrons. The summed E-state index contributed by atoms with van der Waals surface area (Å²) in [5.41, 5.74) is 4.31. The lowest BCUT2D eigenvalue weighted by atomic mass is 10.1. The highest BCUT2D eigenvalue weighted by Crippen LogP contribution is 2.18. The molecular weight excluding hydrogens is 348 g/mol. The fraction of sp³-hybridized carbons (Fsp3) is 0.292. The molecular formula is C24H28N2O2. The maximum absolute atomic E-state index is 13.1. The molecule has 0 bridgehead atoms. The van der Waals surface area contributed by atoms with E-state index in [0.29, 0.717) is 12.1 Å². The highest BCUT2D eigenvalue weighted by Gasteiger charge is 2.20. The molecule has 0 atom stereocenters. The minimum absolute atomic E-state index is 0.0287. The molecule has 0 radical (unpaired) electrons. The van der Waals surface area contributed by atoms with Crippen LogP contribution in [0.5, 0.6) is 5.75 Å². The summed E-state index contributed by atoms with van der Waals surface area (Å²) in [4.78, 5) is 15.0. The van der Waals surface area contributed by atoms with Crippen molar-refractivity contribution in [1.29, 1.82) is 0 Å². The van der Waals surface area contributed by atoms with Crippen molar-refractivity contribution in [1.82, 2.24) is 9.47 Å². The lowest BCUT2D eigenvalue weighted by Crippen LogP contribution is -2.37. The maximum Gasteiger partial charge on any atom is 0.254 e. The summed E-state index contributed by atoms with van der Waals surface area (Å²) >= 11 is 0. The summed E-state index contributed by atoms with van der Waals surface area (Å²) in [6.07, 6.45) is 2.08.